The summed E-state index contributed by atoms with van der Waals surface area (Å²) in [5, 5.41) is 0. The predicted molar refractivity (Wildman–Crippen MR) is 103 cm³/mol. The Morgan fingerprint density at radius 1 is 0.929 bits per heavy atom. The highest BCUT2D eigenvalue weighted by molar-refractivity contribution is 5.94. The highest BCUT2D eigenvalue weighted by Crippen LogP contribution is 2.61. The SMILES string of the molecule is CC(=O)c1ccc(OCC(=O)NNC(=O)CC23CC4CC(CC(C4)C2)C3)cc1. The lowest BCUT2D eigenvalue weighted by molar-refractivity contribution is -0.134. The Balaban J connectivity index is 1.20. The van der Waals surface area contributed by atoms with E-state index in [0.717, 1.165) is 17.8 Å². The van der Waals surface area contributed by atoms with Gasteiger partial charge in [-0.3, -0.25) is 25.2 Å². The van der Waals surface area contributed by atoms with Crippen LogP contribution >= 0.6 is 0 Å². The van der Waals surface area contributed by atoms with Gasteiger partial charge < -0.3 is 4.74 Å². The number of hydrogen-bond donors (Lipinski definition) is 2. The third kappa shape index (κ3) is 4.21. The minimum atomic E-state index is -0.408. The number of carbonyl (C=O) groups is 3. The van der Waals surface area contributed by atoms with E-state index in [1.165, 1.54) is 45.4 Å². The molecule has 4 aliphatic rings. The van der Waals surface area contributed by atoms with Crippen LogP contribution in [0.4, 0.5) is 0 Å². The maximum absolute atomic E-state index is 12.4. The number of hydrazine groups is 1. The number of Topliss-reactive ketones (excluding diaryl/α,β-unsaturated/α-hetero) is 1. The summed E-state index contributed by atoms with van der Waals surface area (Å²) in [6.45, 7) is 1.30. The molecule has 4 aliphatic carbocycles. The number of hydrogen-bond acceptors (Lipinski definition) is 4. The van der Waals surface area contributed by atoms with E-state index < -0.39 is 5.91 Å². The third-order valence-corrected chi connectivity index (χ3v) is 6.67. The largest absolute Gasteiger partial charge is 0.484 e. The van der Waals surface area contributed by atoms with E-state index >= 15 is 0 Å². The van der Waals surface area contributed by atoms with Crippen molar-refractivity contribution in [2.24, 2.45) is 23.2 Å². The number of carbonyl (C=O) groups excluding carboxylic acids is 3. The highest BCUT2D eigenvalue weighted by Gasteiger charge is 2.51. The average Bonchev–Trinajstić information content (AvgIpc) is 2.63. The molecule has 0 aliphatic heterocycles. The van der Waals surface area contributed by atoms with Gasteiger partial charge >= 0.3 is 0 Å². The van der Waals surface area contributed by atoms with Gasteiger partial charge in [0, 0.05) is 12.0 Å². The normalized spacial score (nSPS) is 30.0. The van der Waals surface area contributed by atoms with Gasteiger partial charge in [0.15, 0.2) is 12.4 Å². The monoisotopic (exact) mass is 384 g/mol. The van der Waals surface area contributed by atoms with Gasteiger partial charge in [-0.15, -0.1) is 0 Å². The Kier molecular flexibility index (Phi) is 5.13. The van der Waals surface area contributed by atoms with Crippen LogP contribution in [0, 0.1) is 23.2 Å². The van der Waals surface area contributed by atoms with Crippen LogP contribution in [0.2, 0.25) is 0 Å². The Morgan fingerprint density at radius 2 is 1.46 bits per heavy atom. The van der Waals surface area contributed by atoms with E-state index in [4.69, 9.17) is 4.74 Å². The van der Waals surface area contributed by atoms with Crippen molar-refractivity contribution < 1.29 is 19.1 Å². The molecule has 1 aromatic rings. The molecule has 0 heterocycles. The molecule has 0 spiro atoms. The van der Waals surface area contributed by atoms with Crippen molar-refractivity contribution in [2.45, 2.75) is 51.9 Å². The fraction of sp³-hybridized carbons (Fsp3) is 0.591. The summed E-state index contributed by atoms with van der Waals surface area (Å²) in [4.78, 5) is 35.6. The number of ether oxygens (including phenoxy) is 1. The second-order valence-electron chi connectivity index (χ2n) is 9.06. The van der Waals surface area contributed by atoms with Gasteiger partial charge in [0.05, 0.1) is 0 Å². The van der Waals surface area contributed by atoms with Crippen molar-refractivity contribution in [1.82, 2.24) is 10.9 Å². The molecule has 6 heteroatoms. The lowest BCUT2D eigenvalue weighted by Crippen LogP contribution is -2.50. The van der Waals surface area contributed by atoms with Crippen LogP contribution in [0.1, 0.15) is 62.2 Å². The number of benzene rings is 1. The molecule has 28 heavy (non-hydrogen) atoms. The van der Waals surface area contributed by atoms with Crippen LogP contribution in [-0.2, 0) is 9.59 Å². The van der Waals surface area contributed by atoms with Crippen LogP contribution in [0.15, 0.2) is 24.3 Å². The summed E-state index contributed by atoms with van der Waals surface area (Å²) in [6, 6.07) is 6.61. The number of ketones is 1. The van der Waals surface area contributed by atoms with E-state index in [0.29, 0.717) is 17.7 Å². The first-order chi connectivity index (χ1) is 13.4. The Bertz CT molecular complexity index is 736. The molecule has 0 aromatic heterocycles. The minimum absolute atomic E-state index is 0.0222. The molecule has 0 atom stereocenters. The van der Waals surface area contributed by atoms with Crippen molar-refractivity contribution in [3.8, 4) is 5.75 Å². The molecule has 4 bridgehead atoms. The molecule has 0 radical (unpaired) electrons. The predicted octanol–water partition coefficient (Wildman–Crippen LogP) is 3.02. The van der Waals surface area contributed by atoms with Crippen LogP contribution in [0.3, 0.4) is 0 Å². The minimum Gasteiger partial charge on any atom is -0.484 e. The van der Waals surface area contributed by atoms with Gasteiger partial charge in [-0.2, -0.15) is 0 Å². The molecule has 4 saturated carbocycles. The van der Waals surface area contributed by atoms with Crippen molar-refractivity contribution in [2.75, 3.05) is 6.61 Å². The summed E-state index contributed by atoms with van der Waals surface area (Å²) in [5.74, 6) is 2.37. The van der Waals surface area contributed by atoms with Crippen LogP contribution in [0.5, 0.6) is 5.75 Å². The summed E-state index contributed by atoms with van der Waals surface area (Å²) in [6.07, 6.45) is 8.05. The molecule has 1 aromatic carbocycles. The maximum atomic E-state index is 12.4. The molecular formula is C22H28N2O4. The average molecular weight is 384 g/mol. The summed E-state index contributed by atoms with van der Waals surface area (Å²) < 4.78 is 5.39. The van der Waals surface area contributed by atoms with E-state index in [-0.39, 0.29) is 23.7 Å². The lowest BCUT2D eigenvalue weighted by Gasteiger charge is -2.56. The smallest absolute Gasteiger partial charge is 0.276 e. The van der Waals surface area contributed by atoms with Gasteiger partial charge in [0.1, 0.15) is 5.75 Å². The molecule has 150 valence electrons. The number of nitrogens with one attached hydrogen (secondary N) is 2. The topological polar surface area (TPSA) is 84.5 Å². The van der Waals surface area contributed by atoms with Gasteiger partial charge in [-0.05, 0) is 92.9 Å². The van der Waals surface area contributed by atoms with Gasteiger partial charge in [0.2, 0.25) is 5.91 Å². The zero-order valence-electron chi connectivity index (χ0n) is 16.3. The Morgan fingerprint density at radius 3 is 2.00 bits per heavy atom. The van der Waals surface area contributed by atoms with Gasteiger partial charge in [0.25, 0.3) is 5.91 Å². The summed E-state index contributed by atoms with van der Waals surface area (Å²) >= 11 is 0. The second kappa shape index (κ2) is 7.57. The second-order valence-corrected chi connectivity index (χ2v) is 9.06. The third-order valence-electron chi connectivity index (χ3n) is 6.67. The first kappa shape index (κ1) is 19.0. The molecule has 2 N–H and O–H groups in total. The van der Waals surface area contributed by atoms with Crippen molar-refractivity contribution >= 4 is 17.6 Å². The lowest BCUT2D eigenvalue weighted by atomic mass is 9.49. The Labute approximate surface area is 165 Å². The van der Waals surface area contributed by atoms with E-state index in [2.05, 4.69) is 10.9 Å². The summed E-state index contributed by atoms with van der Waals surface area (Å²) in [7, 11) is 0. The fourth-order valence-electron chi connectivity index (χ4n) is 6.00. The van der Waals surface area contributed by atoms with Gasteiger partial charge in [-0.25, -0.2) is 0 Å². The zero-order chi connectivity index (χ0) is 19.7. The van der Waals surface area contributed by atoms with E-state index in [1.807, 2.05) is 0 Å². The zero-order valence-corrected chi connectivity index (χ0v) is 16.3. The maximum Gasteiger partial charge on any atom is 0.276 e. The molecule has 2 amide bonds. The highest BCUT2D eigenvalue weighted by atomic mass is 16.5. The van der Waals surface area contributed by atoms with Crippen molar-refractivity contribution in [3.63, 3.8) is 0 Å². The van der Waals surface area contributed by atoms with Crippen molar-refractivity contribution in [3.05, 3.63) is 29.8 Å². The first-order valence-corrected chi connectivity index (χ1v) is 10.2. The van der Waals surface area contributed by atoms with Crippen molar-refractivity contribution in [1.29, 1.82) is 0 Å². The van der Waals surface area contributed by atoms with Crippen LogP contribution in [-0.4, -0.2) is 24.2 Å². The van der Waals surface area contributed by atoms with Crippen LogP contribution in [0.25, 0.3) is 0 Å². The number of rotatable bonds is 6. The van der Waals surface area contributed by atoms with E-state index in [9.17, 15) is 14.4 Å². The molecule has 5 rings (SSSR count). The molecule has 6 nitrogen and oxygen atoms in total. The Hall–Kier alpha value is -2.37. The van der Waals surface area contributed by atoms with E-state index in [1.54, 1.807) is 24.3 Å². The molecular weight excluding hydrogens is 356 g/mol. The summed E-state index contributed by atoms with van der Waals surface area (Å²) in [5.41, 5.74) is 5.74. The first-order valence-electron chi connectivity index (χ1n) is 10.2. The number of amides is 2. The molecule has 0 unspecified atom stereocenters. The quantitative estimate of drug-likeness (QED) is 0.583. The molecule has 4 fully saturated rings. The molecule has 0 saturated heterocycles. The fourth-order valence-corrected chi connectivity index (χ4v) is 6.00. The standard InChI is InChI=1S/C22H28N2O4/c1-14(25)18-2-4-19(5-3-18)28-13-21(27)24-23-20(26)12-22-9-15-6-16(10-22)8-17(7-15)11-22/h2-5,15-17H,6-13H2,1H3,(H,23,26)(H,24,27). The van der Waals surface area contributed by atoms with Crippen LogP contribution < -0.4 is 15.6 Å². The van der Waals surface area contributed by atoms with Gasteiger partial charge in [-0.1, -0.05) is 0 Å².